The van der Waals surface area contributed by atoms with Gasteiger partial charge < -0.3 is 16.2 Å². The standard InChI is InChI=1S/C13H15N3O/c14-11-1-3-12(4-2-11)16-13-7-10(5-6-17)8-15-9-13/h1-4,7-9,16-17H,5-6,14H2. The highest BCUT2D eigenvalue weighted by Gasteiger charge is 1.97. The van der Waals surface area contributed by atoms with Crippen LogP contribution >= 0.6 is 0 Å². The quantitative estimate of drug-likeness (QED) is 0.701. The molecule has 0 aliphatic rings. The van der Waals surface area contributed by atoms with Gasteiger partial charge in [-0.25, -0.2) is 0 Å². The van der Waals surface area contributed by atoms with Gasteiger partial charge in [0.25, 0.3) is 0 Å². The molecule has 1 heterocycles. The van der Waals surface area contributed by atoms with Crippen molar-refractivity contribution in [2.45, 2.75) is 6.42 Å². The van der Waals surface area contributed by atoms with E-state index in [0.29, 0.717) is 6.42 Å². The van der Waals surface area contributed by atoms with E-state index in [1.54, 1.807) is 12.4 Å². The van der Waals surface area contributed by atoms with Crippen molar-refractivity contribution in [2.24, 2.45) is 0 Å². The minimum atomic E-state index is 0.132. The fourth-order valence-electron chi connectivity index (χ4n) is 1.55. The van der Waals surface area contributed by atoms with Gasteiger partial charge in [-0.3, -0.25) is 4.98 Å². The summed E-state index contributed by atoms with van der Waals surface area (Å²) in [7, 11) is 0. The second-order valence-corrected chi connectivity index (χ2v) is 3.80. The molecule has 4 N–H and O–H groups in total. The number of rotatable bonds is 4. The Morgan fingerprint density at radius 3 is 2.59 bits per heavy atom. The van der Waals surface area contributed by atoms with E-state index >= 15 is 0 Å². The summed E-state index contributed by atoms with van der Waals surface area (Å²) >= 11 is 0. The van der Waals surface area contributed by atoms with Crippen LogP contribution in [0.2, 0.25) is 0 Å². The average molecular weight is 229 g/mol. The summed E-state index contributed by atoms with van der Waals surface area (Å²) < 4.78 is 0. The van der Waals surface area contributed by atoms with Gasteiger partial charge in [0.2, 0.25) is 0 Å². The smallest absolute Gasteiger partial charge is 0.0573 e. The highest BCUT2D eigenvalue weighted by Crippen LogP contribution is 2.17. The van der Waals surface area contributed by atoms with Crippen LogP contribution in [0.3, 0.4) is 0 Å². The number of hydrogen-bond acceptors (Lipinski definition) is 4. The minimum Gasteiger partial charge on any atom is -0.399 e. The monoisotopic (exact) mass is 229 g/mol. The fraction of sp³-hybridized carbons (Fsp3) is 0.154. The Morgan fingerprint density at radius 1 is 1.12 bits per heavy atom. The van der Waals surface area contributed by atoms with E-state index in [4.69, 9.17) is 10.8 Å². The van der Waals surface area contributed by atoms with Crippen LogP contribution in [0, 0.1) is 0 Å². The van der Waals surface area contributed by atoms with Crippen LogP contribution in [0.1, 0.15) is 5.56 Å². The predicted octanol–water partition coefficient (Wildman–Crippen LogP) is 1.94. The molecule has 0 radical (unpaired) electrons. The number of nitrogens with two attached hydrogens (primary N) is 1. The van der Waals surface area contributed by atoms with E-state index in [2.05, 4.69) is 10.3 Å². The third-order valence-electron chi connectivity index (χ3n) is 2.39. The molecule has 0 fully saturated rings. The maximum absolute atomic E-state index is 8.87. The van der Waals surface area contributed by atoms with Crippen molar-refractivity contribution in [1.29, 1.82) is 0 Å². The lowest BCUT2D eigenvalue weighted by Gasteiger charge is -2.07. The molecule has 0 saturated carbocycles. The molecular weight excluding hydrogens is 214 g/mol. The van der Waals surface area contributed by atoms with Crippen LogP contribution in [0.25, 0.3) is 0 Å². The van der Waals surface area contributed by atoms with Gasteiger partial charge in [-0.1, -0.05) is 0 Å². The van der Waals surface area contributed by atoms with Gasteiger partial charge in [-0.05, 0) is 42.3 Å². The number of aliphatic hydroxyl groups is 1. The number of benzene rings is 1. The summed E-state index contributed by atoms with van der Waals surface area (Å²) in [5, 5.41) is 12.1. The highest BCUT2D eigenvalue weighted by molar-refractivity contribution is 5.61. The number of aliphatic hydroxyl groups excluding tert-OH is 1. The molecule has 4 nitrogen and oxygen atoms in total. The molecule has 17 heavy (non-hydrogen) atoms. The molecule has 0 atom stereocenters. The van der Waals surface area contributed by atoms with Gasteiger partial charge in [0.15, 0.2) is 0 Å². The van der Waals surface area contributed by atoms with Gasteiger partial charge in [0.05, 0.1) is 11.9 Å². The third-order valence-corrected chi connectivity index (χ3v) is 2.39. The Bertz CT molecular complexity index is 482. The summed E-state index contributed by atoms with van der Waals surface area (Å²) in [4.78, 5) is 4.12. The van der Waals surface area contributed by atoms with Gasteiger partial charge in [-0.2, -0.15) is 0 Å². The first-order valence-electron chi connectivity index (χ1n) is 5.45. The van der Waals surface area contributed by atoms with Crippen molar-refractivity contribution in [3.05, 3.63) is 48.3 Å². The Labute approximate surface area is 100 Å². The summed E-state index contributed by atoms with van der Waals surface area (Å²) in [6.45, 7) is 0.132. The van der Waals surface area contributed by atoms with Crippen molar-refractivity contribution in [1.82, 2.24) is 4.98 Å². The first-order valence-corrected chi connectivity index (χ1v) is 5.45. The van der Waals surface area contributed by atoms with Crippen LogP contribution in [0.15, 0.2) is 42.7 Å². The Morgan fingerprint density at radius 2 is 1.88 bits per heavy atom. The van der Waals surface area contributed by atoms with Crippen LogP contribution in [0.4, 0.5) is 17.1 Å². The maximum Gasteiger partial charge on any atom is 0.0573 e. The summed E-state index contributed by atoms with van der Waals surface area (Å²) in [6.07, 6.45) is 4.12. The second kappa shape index (κ2) is 5.32. The molecule has 0 saturated heterocycles. The van der Waals surface area contributed by atoms with E-state index < -0.39 is 0 Å². The van der Waals surface area contributed by atoms with Crippen molar-refractivity contribution >= 4 is 17.1 Å². The van der Waals surface area contributed by atoms with Crippen molar-refractivity contribution in [2.75, 3.05) is 17.7 Å². The van der Waals surface area contributed by atoms with Crippen molar-refractivity contribution in [3.63, 3.8) is 0 Å². The zero-order valence-electron chi connectivity index (χ0n) is 9.43. The number of pyridine rings is 1. The molecule has 2 aromatic rings. The summed E-state index contributed by atoms with van der Waals surface area (Å²) in [6, 6.07) is 9.47. The van der Waals surface area contributed by atoms with Crippen LogP contribution in [0.5, 0.6) is 0 Å². The lowest BCUT2D eigenvalue weighted by atomic mass is 10.2. The third kappa shape index (κ3) is 3.19. The topological polar surface area (TPSA) is 71.2 Å². The number of hydrogen-bond donors (Lipinski definition) is 3. The molecular formula is C13H15N3O. The first-order chi connectivity index (χ1) is 8.28. The molecule has 4 heteroatoms. The second-order valence-electron chi connectivity index (χ2n) is 3.80. The van der Waals surface area contributed by atoms with Crippen LogP contribution in [-0.2, 0) is 6.42 Å². The maximum atomic E-state index is 8.87. The molecule has 88 valence electrons. The number of anilines is 3. The summed E-state index contributed by atoms with van der Waals surface area (Å²) in [5.74, 6) is 0. The molecule has 0 amide bonds. The van der Waals surface area contributed by atoms with E-state index in [1.807, 2.05) is 30.3 Å². The fourth-order valence-corrected chi connectivity index (χ4v) is 1.55. The number of nitrogens with one attached hydrogen (secondary N) is 1. The lowest BCUT2D eigenvalue weighted by molar-refractivity contribution is 0.299. The normalized spacial score (nSPS) is 10.2. The first kappa shape index (κ1) is 11.4. The molecule has 2 rings (SSSR count). The SMILES string of the molecule is Nc1ccc(Nc2cncc(CCO)c2)cc1. The van der Waals surface area contributed by atoms with E-state index in [1.165, 1.54) is 0 Å². The zero-order valence-corrected chi connectivity index (χ0v) is 9.43. The highest BCUT2D eigenvalue weighted by atomic mass is 16.2. The Hall–Kier alpha value is -2.07. The van der Waals surface area contributed by atoms with E-state index in [0.717, 1.165) is 22.6 Å². The van der Waals surface area contributed by atoms with Gasteiger partial charge in [-0.15, -0.1) is 0 Å². The van der Waals surface area contributed by atoms with Crippen molar-refractivity contribution < 1.29 is 5.11 Å². The molecule has 0 bridgehead atoms. The molecule has 0 aliphatic carbocycles. The largest absolute Gasteiger partial charge is 0.399 e. The minimum absolute atomic E-state index is 0.132. The number of aromatic nitrogens is 1. The average Bonchev–Trinajstić information content (AvgIpc) is 2.33. The van der Waals surface area contributed by atoms with E-state index in [-0.39, 0.29) is 6.61 Å². The molecule has 0 spiro atoms. The van der Waals surface area contributed by atoms with Gasteiger partial charge >= 0.3 is 0 Å². The zero-order chi connectivity index (χ0) is 12.1. The van der Waals surface area contributed by atoms with Gasteiger partial charge in [0.1, 0.15) is 0 Å². The molecule has 0 unspecified atom stereocenters. The Balaban J connectivity index is 2.12. The molecule has 0 aliphatic heterocycles. The van der Waals surface area contributed by atoms with Crippen LogP contribution in [-0.4, -0.2) is 16.7 Å². The predicted molar refractivity (Wildman–Crippen MR) is 69.2 cm³/mol. The lowest BCUT2D eigenvalue weighted by Crippen LogP contribution is -1.96. The molecule has 1 aromatic heterocycles. The Kier molecular flexibility index (Phi) is 3.57. The summed E-state index contributed by atoms with van der Waals surface area (Å²) in [5.41, 5.74) is 9.23. The number of nitrogens with zero attached hydrogens (tertiary/aromatic N) is 1. The van der Waals surface area contributed by atoms with E-state index in [9.17, 15) is 0 Å². The van der Waals surface area contributed by atoms with Gasteiger partial charge in [0, 0.05) is 24.2 Å². The molecule has 1 aromatic carbocycles. The van der Waals surface area contributed by atoms with Crippen LogP contribution < -0.4 is 11.1 Å². The number of nitrogen functional groups attached to an aromatic ring is 1. The van der Waals surface area contributed by atoms with Crippen molar-refractivity contribution in [3.8, 4) is 0 Å².